The summed E-state index contributed by atoms with van der Waals surface area (Å²) < 4.78 is 12.0. The van der Waals surface area contributed by atoms with Crippen molar-refractivity contribution in [3.8, 4) is 0 Å². The van der Waals surface area contributed by atoms with E-state index in [-0.39, 0.29) is 6.03 Å². The van der Waals surface area contributed by atoms with Crippen molar-refractivity contribution in [2.75, 3.05) is 45.0 Å². The fourth-order valence-electron chi connectivity index (χ4n) is 2.71. The molecule has 1 N–H and O–H groups in total. The summed E-state index contributed by atoms with van der Waals surface area (Å²) in [5.41, 5.74) is 1.07. The Hall–Kier alpha value is -1.40. The van der Waals surface area contributed by atoms with Crippen LogP contribution < -0.4 is 5.32 Å². The Morgan fingerprint density at radius 3 is 2.70 bits per heavy atom. The van der Waals surface area contributed by atoms with Crippen LogP contribution in [0, 0.1) is 0 Å². The maximum atomic E-state index is 12.2. The lowest BCUT2D eigenvalue weighted by Gasteiger charge is -2.21. The first kappa shape index (κ1) is 17.9. The van der Waals surface area contributed by atoms with Crippen LogP contribution in [0.15, 0.2) is 30.3 Å². The summed E-state index contributed by atoms with van der Waals surface area (Å²) in [6.45, 7) is 7.21. The van der Waals surface area contributed by atoms with Crippen LogP contribution in [0.3, 0.4) is 0 Å². The number of carbonyl (C=O) groups is 1. The second kappa shape index (κ2) is 9.67. The van der Waals surface area contributed by atoms with Crippen molar-refractivity contribution in [1.29, 1.82) is 0 Å². The zero-order chi connectivity index (χ0) is 16.5. The molecule has 128 valence electrons. The molecule has 1 aromatic rings. The first-order chi connectivity index (χ1) is 11.2. The van der Waals surface area contributed by atoms with Gasteiger partial charge < -0.3 is 15.1 Å². The quantitative estimate of drug-likeness (QED) is 0.859. The van der Waals surface area contributed by atoms with Gasteiger partial charge in [0.2, 0.25) is 0 Å². The van der Waals surface area contributed by atoms with Gasteiger partial charge in [-0.25, -0.2) is 4.79 Å². The number of likely N-dealkylation sites (N-methyl/N-ethyl adjacent to an activating group) is 1. The highest BCUT2D eigenvalue weighted by atomic mass is 32.2. The Morgan fingerprint density at radius 1 is 1.17 bits per heavy atom. The lowest BCUT2D eigenvalue weighted by atomic mass is 10.2. The van der Waals surface area contributed by atoms with Crippen molar-refractivity contribution in [1.82, 2.24) is 15.1 Å². The molecule has 0 aromatic heterocycles. The van der Waals surface area contributed by atoms with Gasteiger partial charge in [-0.15, -0.1) is 0 Å². The van der Waals surface area contributed by atoms with Gasteiger partial charge in [0, 0.05) is 48.5 Å². The van der Waals surface area contributed by atoms with Crippen molar-refractivity contribution in [2.45, 2.75) is 19.1 Å². The molecule has 0 radical (unpaired) electrons. The molecule has 1 unspecified atom stereocenters. The third-order valence-corrected chi connectivity index (χ3v) is 5.41. The average Bonchev–Trinajstić information content (AvgIpc) is 2.81. The van der Waals surface area contributed by atoms with Crippen molar-refractivity contribution >= 4 is 16.8 Å². The predicted molar refractivity (Wildman–Crippen MR) is 94.9 cm³/mol. The Labute approximate surface area is 141 Å². The van der Waals surface area contributed by atoms with E-state index >= 15 is 0 Å². The molecular formula is C17H27N3O2S. The van der Waals surface area contributed by atoms with E-state index in [1.54, 1.807) is 0 Å². The van der Waals surface area contributed by atoms with Gasteiger partial charge in [0.1, 0.15) is 0 Å². The van der Waals surface area contributed by atoms with E-state index in [1.165, 1.54) is 0 Å². The monoisotopic (exact) mass is 337 g/mol. The van der Waals surface area contributed by atoms with E-state index in [0.29, 0.717) is 18.1 Å². The van der Waals surface area contributed by atoms with Crippen molar-refractivity contribution < 1.29 is 9.00 Å². The van der Waals surface area contributed by atoms with Crippen molar-refractivity contribution in [2.24, 2.45) is 0 Å². The van der Waals surface area contributed by atoms with Crippen molar-refractivity contribution in [3.05, 3.63) is 35.9 Å². The molecule has 0 saturated carbocycles. The van der Waals surface area contributed by atoms with Crippen LogP contribution >= 0.6 is 0 Å². The zero-order valence-electron chi connectivity index (χ0n) is 13.9. The molecule has 6 heteroatoms. The van der Waals surface area contributed by atoms with Gasteiger partial charge in [0.25, 0.3) is 0 Å². The standard InChI is InChI=1S/C17H27N3O2S/c1-2-19-10-6-11-20(13-12-19)17(21)18-9-14-23(22)15-16-7-4-3-5-8-16/h3-5,7-8H,2,6,9-15H2,1H3,(H,18,21). The summed E-state index contributed by atoms with van der Waals surface area (Å²) in [5.74, 6) is 1.04. The number of carbonyl (C=O) groups excluding carboxylic acids is 1. The van der Waals surface area contributed by atoms with E-state index in [1.807, 2.05) is 35.2 Å². The molecule has 0 spiro atoms. The van der Waals surface area contributed by atoms with Crippen LogP contribution in [0.4, 0.5) is 4.79 Å². The number of nitrogens with one attached hydrogen (secondary N) is 1. The molecule has 1 aromatic carbocycles. The van der Waals surface area contributed by atoms with Gasteiger partial charge in [-0.1, -0.05) is 37.3 Å². The summed E-state index contributed by atoms with van der Waals surface area (Å²) in [6.07, 6.45) is 1.02. The lowest BCUT2D eigenvalue weighted by molar-refractivity contribution is 0.199. The number of rotatable bonds is 6. The SMILES string of the molecule is CCN1CCCN(C(=O)NCCS(=O)Cc2ccccc2)CC1. The molecule has 1 aliphatic rings. The van der Waals surface area contributed by atoms with Gasteiger partial charge in [0.05, 0.1) is 0 Å². The minimum atomic E-state index is -0.944. The second-order valence-corrected chi connectivity index (χ2v) is 7.36. The number of amides is 2. The number of benzene rings is 1. The molecular weight excluding hydrogens is 310 g/mol. The van der Waals surface area contributed by atoms with Crippen LogP contribution in [0.25, 0.3) is 0 Å². The average molecular weight is 337 g/mol. The molecule has 5 nitrogen and oxygen atoms in total. The van der Waals surface area contributed by atoms with Crippen molar-refractivity contribution in [3.63, 3.8) is 0 Å². The minimum absolute atomic E-state index is 0.0281. The van der Waals surface area contributed by atoms with Gasteiger partial charge in [-0.2, -0.15) is 0 Å². The fourth-order valence-corrected chi connectivity index (χ4v) is 3.74. The Bertz CT molecular complexity index is 510. The third-order valence-electron chi connectivity index (χ3n) is 4.10. The smallest absolute Gasteiger partial charge is 0.317 e. The highest BCUT2D eigenvalue weighted by Crippen LogP contribution is 2.04. The highest BCUT2D eigenvalue weighted by Gasteiger charge is 2.17. The molecule has 2 rings (SSSR count). The summed E-state index contributed by atoms with van der Waals surface area (Å²) in [7, 11) is -0.944. The van der Waals surface area contributed by atoms with Crippen LogP contribution in [0.2, 0.25) is 0 Å². The first-order valence-corrected chi connectivity index (χ1v) is 9.82. The first-order valence-electron chi connectivity index (χ1n) is 8.33. The Kier molecular flexibility index (Phi) is 7.55. The van der Waals surface area contributed by atoms with E-state index < -0.39 is 10.8 Å². The lowest BCUT2D eigenvalue weighted by Crippen LogP contribution is -2.43. The van der Waals surface area contributed by atoms with Gasteiger partial charge in [-0.3, -0.25) is 4.21 Å². The Morgan fingerprint density at radius 2 is 1.96 bits per heavy atom. The van der Waals surface area contributed by atoms with E-state index in [0.717, 1.165) is 44.7 Å². The zero-order valence-corrected chi connectivity index (χ0v) is 14.7. The topological polar surface area (TPSA) is 52.6 Å². The molecule has 0 aliphatic carbocycles. The van der Waals surface area contributed by atoms with E-state index in [9.17, 15) is 9.00 Å². The fraction of sp³-hybridized carbons (Fsp3) is 0.588. The molecule has 1 aliphatic heterocycles. The third kappa shape index (κ3) is 6.31. The number of nitrogens with zero attached hydrogens (tertiary/aromatic N) is 2. The van der Waals surface area contributed by atoms with Gasteiger partial charge >= 0.3 is 6.03 Å². The predicted octanol–water partition coefficient (Wildman–Crippen LogP) is 1.67. The molecule has 2 amide bonds. The van der Waals surface area contributed by atoms with Crippen LogP contribution in [0.1, 0.15) is 18.9 Å². The largest absolute Gasteiger partial charge is 0.337 e. The maximum Gasteiger partial charge on any atom is 0.317 e. The number of hydrogen-bond acceptors (Lipinski definition) is 3. The van der Waals surface area contributed by atoms with Gasteiger partial charge in [-0.05, 0) is 25.1 Å². The summed E-state index contributed by atoms with van der Waals surface area (Å²) in [6, 6.07) is 9.79. The van der Waals surface area contributed by atoms with E-state index in [2.05, 4.69) is 17.1 Å². The maximum absolute atomic E-state index is 12.2. The normalized spacial score (nSPS) is 17.5. The summed E-state index contributed by atoms with van der Waals surface area (Å²) in [5, 5.41) is 2.91. The Balaban J connectivity index is 1.67. The molecule has 1 atom stereocenters. The molecule has 1 saturated heterocycles. The summed E-state index contributed by atoms with van der Waals surface area (Å²) in [4.78, 5) is 16.4. The number of hydrogen-bond donors (Lipinski definition) is 1. The molecule has 1 fully saturated rings. The van der Waals surface area contributed by atoms with Gasteiger partial charge in [0.15, 0.2) is 0 Å². The molecule has 0 bridgehead atoms. The number of urea groups is 1. The van der Waals surface area contributed by atoms with Crippen LogP contribution in [-0.4, -0.2) is 65.1 Å². The van der Waals surface area contributed by atoms with Crippen LogP contribution in [-0.2, 0) is 16.6 Å². The van der Waals surface area contributed by atoms with E-state index in [4.69, 9.17) is 0 Å². The molecule has 1 heterocycles. The molecule has 23 heavy (non-hydrogen) atoms. The summed E-state index contributed by atoms with van der Waals surface area (Å²) >= 11 is 0. The highest BCUT2D eigenvalue weighted by molar-refractivity contribution is 7.84. The minimum Gasteiger partial charge on any atom is -0.337 e. The second-order valence-electron chi connectivity index (χ2n) is 5.78. The van der Waals surface area contributed by atoms with Crippen LogP contribution in [0.5, 0.6) is 0 Å².